The van der Waals surface area contributed by atoms with Crippen LogP contribution in [0.4, 0.5) is 0 Å². The number of ether oxygens (including phenoxy) is 1. The molecule has 0 unspecified atom stereocenters. The Morgan fingerprint density at radius 1 is 1.37 bits per heavy atom. The summed E-state index contributed by atoms with van der Waals surface area (Å²) in [5, 5.41) is 0.691. The fraction of sp³-hybridized carbons (Fsp3) is 0.286. The van der Waals surface area contributed by atoms with E-state index in [0.29, 0.717) is 29.6 Å². The Morgan fingerprint density at radius 2 is 2.05 bits per heavy atom. The molecular formula is C14H15ClN2O2. The average molecular weight is 279 g/mol. The predicted octanol–water partition coefficient (Wildman–Crippen LogP) is 3.07. The first-order valence-electron chi connectivity index (χ1n) is 6.05. The molecule has 0 aliphatic heterocycles. The molecule has 19 heavy (non-hydrogen) atoms. The van der Waals surface area contributed by atoms with E-state index in [4.69, 9.17) is 16.3 Å². The third-order valence-electron chi connectivity index (χ3n) is 2.76. The highest BCUT2D eigenvalue weighted by Gasteiger charge is 2.17. The molecular weight excluding hydrogens is 264 g/mol. The molecule has 0 N–H and O–H groups in total. The largest absolute Gasteiger partial charge is 0.461 e. The second-order valence-electron chi connectivity index (χ2n) is 4.15. The molecule has 0 aliphatic rings. The van der Waals surface area contributed by atoms with Crippen LogP contribution in [0.15, 0.2) is 30.6 Å². The lowest BCUT2D eigenvalue weighted by molar-refractivity contribution is 0.0513. The molecule has 0 saturated heterocycles. The van der Waals surface area contributed by atoms with Crippen molar-refractivity contribution >= 4 is 17.6 Å². The highest BCUT2D eigenvalue weighted by molar-refractivity contribution is 6.30. The monoisotopic (exact) mass is 278 g/mol. The molecule has 0 spiro atoms. The van der Waals surface area contributed by atoms with Crippen molar-refractivity contribution in [1.82, 2.24) is 9.55 Å². The summed E-state index contributed by atoms with van der Waals surface area (Å²) in [7, 11) is 0. The maximum atomic E-state index is 11.9. The first kappa shape index (κ1) is 13.6. The van der Waals surface area contributed by atoms with Crippen LogP contribution in [0, 0.1) is 6.92 Å². The first-order valence-corrected chi connectivity index (χ1v) is 6.43. The Morgan fingerprint density at radius 3 is 2.68 bits per heavy atom. The number of carbonyl (C=O) groups excluding carboxylic acids is 1. The molecule has 0 fully saturated rings. The fourth-order valence-corrected chi connectivity index (χ4v) is 1.98. The van der Waals surface area contributed by atoms with Gasteiger partial charge in [-0.05, 0) is 31.5 Å². The van der Waals surface area contributed by atoms with Crippen LogP contribution < -0.4 is 0 Å². The van der Waals surface area contributed by atoms with Gasteiger partial charge in [-0.1, -0.05) is 23.7 Å². The highest BCUT2D eigenvalue weighted by atomic mass is 35.5. The predicted molar refractivity (Wildman–Crippen MR) is 73.5 cm³/mol. The summed E-state index contributed by atoms with van der Waals surface area (Å²) in [6.07, 6.45) is 1.65. The third kappa shape index (κ3) is 3.15. The van der Waals surface area contributed by atoms with E-state index in [0.717, 1.165) is 5.56 Å². The van der Waals surface area contributed by atoms with Gasteiger partial charge in [0, 0.05) is 11.6 Å². The number of halogens is 1. The van der Waals surface area contributed by atoms with Crippen molar-refractivity contribution in [3.8, 4) is 0 Å². The second kappa shape index (κ2) is 5.89. The quantitative estimate of drug-likeness (QED) is 0.808. The number of benzene rings is 1. The van der Waals surface area contributed by atoms with Crippen molar-refractivity contribution in [2.45, 2.75) is 20.4 Å². The number of carbonyl (C=O) groups is 1. The Labute approximate surface area is 117 Å². The smallest absolute Gasteiger partial charge is 0.356 e. The normalized spacial score (nSPS) is 10.5. The summed E-state index contributed by atoms with van der Waals surface area (Å²) >= 11 is 5.85. The van der Waals surface area contributed by atoms with Crippen LogP contribution in [0.1, 0.15) is 28.7 Å². The molecule has 1 aromatic heterocycles. The maximum absolute atomic E-state index is 11.9. The van der Waals surface area contributed by atoms with Crippen LogP contribution in [-0.2, 0) is 11.3 Å². The van der Waals surface area contributed by atoms with E-state index < -0.39 is 0 Å². The molecule has 2 rings (SSSR count). The average Bonchev–Trinajstić information content (AvgIpc) is 2.74. The number of esters is 1. The lowest BCUT2D eigenvalue weighted by atomic mass is 10.2. The van der Waals surface area contributed by atoms with Gasteiger partial charge in [-0.2, -0.15) is 0 Å². The molecule has 4 nitrogen and oxygen atoms in total. The Kier molecular flexibility index (Phi) is 4.22. The zero-order valence-electron chi connectivity index (χ0n) is 10.9. The van der Waals surface area contributed by atoms with E-state index in [-0.39, 0.29) is 5.97 Å². The molecule has 0 radical (unpaired) electrons. The minimum absolute atomic E-state index is 0.341. The van der Waals surface area contributed by atoms with Gasteiger partial charge in [-0.15, -0.1) is 0 Å². The molecule has 0 saturated carbocycles. The van der Waals surface area contributed by atoms with E-state index in [1.807, 2.05) is 24.3 Å². The van der Waals surface area contributed by atoms with Crippen molar-refractivity contribution in [3.63, 3.8) is 0 Å². The van der Waals surface area contributed by atoms with Crippen molar-refractivity contribution in [3.05, 3.63) is 52.6 Å². The van der Waals surface area contributed by atoms with E-state index in [1.54, 1.807) is 24.7 Å². The number of imidazole rings is 1. The van der Waals surface area contributed by atoms with Crippen LogP contribution in [0.2, 0.25) is 5.02 Å². The minimum Gasteiger partial charge on any atom is -0.461 e. The van der Waals surface area contributed by atoms with Crippen molar-refractivity contribution in [2.75, 3.05) is 6.61 Å². The molecule has 0 bridgehead atoms. The molecule has 100 valence electrons. The Hall–Kier alpha value is -1.81. The SMILES string of the molecule is CCOC(=O)c1c(C)ncn1Cc1ccc(Cl)cc1. The number of hydrogen-bond donors (Lipinski definition) is 0. The third-order valence-corrected chi connectivity index (χ3v) is 3.01. The molecule has 0 aliphatic carbocycles. The lowest BCUT2D eigenvalue weighted by Gasteiger charge is -2.08. The van der Waals surface area contributed by atoms with Crippen molar-refractivity contribution < 1.29 is 9.53 Å². The Bertz CT molecular complexity index is 576. The number of rotatable bonds is 4. The number of aromatic nitrogens is 2. The standard InChI is InChI=1S/C14H15ClN2O2/c1-3-19-14(18)13-10(2)16-9-17(13)8-11-4-6-12(15)7-5-11/h4-7,9H,3,8H2,1-2H3. The molecule has 2 aromatic rings. The van der Waals surface area contributed by atoms with Crippen LogP contribution >= 0.6 is 11.6 Å². The van der Waals surface area contributed by atoms with E-state index in [2.05, 4.69) is 4.98 Å². The molecule has 1 heterocycles. The topological polar surface area (TPSA) is 44.1 Å². The van der Waals surface area contributed by atoms with Crippen LogP contribution in [-0.4, -0.2) is 22.1 Å². The summed E-state index contributed by atoms with van der Waals surface area (Å²) in [5.74, 6) is -0.341. The Balaban J connectivity index is 2.25. The van der Waals surface area contributed by atoms with Gasteiger partial charge in [0.1, 0.15) is 0 Å². The van der Waals surface area contributed by atoms with Gasteiger partial charge in [0.05, 0.1) is 18.6 Å². The molecule has 1 aromatic carbocycles. The summed E-state index contributed by atoms with van der Waals surface area (Å²) in [6, 6.07) is 7.49. The van der Waals surface area contributed by atoms with Crippen LogP contribution in [0.3, 0.4) is 0 Å². The summed E-state index contributed by atoms with van der Waals surface area (Å²) < 4.78 is 6.83. The van der Waals surface area contributed by atoms with Gasteiger partial charge in [0.25, 0.3) is 0 Å². The van der Waals surface area contributed by atoms with Gasteiger partial charge in [-0.3, -0.25) is 0 Å². The molecule has 0 atom stereocenters. The van der Waals surface area contributed by atoms with Crippen LogP contribution in [0.5, 0.6) is 0 Å². The minimum atomic E-state index is -0.341. The summed E-state index contributed by atoms with van der Waals surface area (Å²) in [5.41, 5.74) is 2.22. The van der Waals surface area contributed by atoms with Crippen molar-refractivity contribution in [2.24, 2.45) is 0 Å². The number of nitrogens with zero attached hydrogens (tertiary/aromatic N) is 2. The second-order valence-corrected chi connectivity index (χ2v) is 4.59. The maximum Gasteiger partial charge on any atom is 0.356 e. The first-order chi connectivity index (χ1) is 9.11. The van der Waals surface area contributed by atoms with Gasteiger partial charge >= 0.3 is 5.97 Å². The molecule has 5 heteroatoms. The van der Waals surface area contributed by atoms with Gasteiger partial charge in [0.15, 0.2) is 5.69 Å². The lowest BCUT2D eigenvalue weighted by Crippen LogP contribution is -2.13. The fourth-order valence-electron chi connectivity index (χ4n) is 1.85. The van der Waals surface area contributed by atoms with E-state index in [9.17, 15) is 4.79 Å². The van der Waals surface area contributed by atoms with E-state index >= 15 is 0 Å². The number of hydrogen-bond acceptors (Lipinski definition) is 3. The highest BCUT2D eigenvalue weighted by Crippen LogP contribution is 2.14. The molecule has 0 amide bonds. The number of aryl methyl sites for hydroxylation is 1. The van der Waals surface area contributed by atoms with Gasteiger partial charge < -0.3 is 9.30 Å². The van der Waals surface area contributed by atoms with Gasteiger partial charge in [-0.25, -0.2) is 9.78 Å². The zero-order chi connectivity index (χ0) is 13.8. The van der Waals surface area contributed by atoms with E-state index in [1.165, 1.54) is 0 Å². The van der Waals surface area contributed by atoms with Gasteiger partial charge in [0.2, 0.25) is 0 Å². The van der Waals surface area contributed by atoms with Crippen molar-refractivity contribution in [1.29, 1.82) is 0 Å². The summed E-state index contributed by atoms with van der Waals surface area (Å²) in [4.78, 5) is 16.1. The van der Waals surface area contributed by atoms with Crippen LogP contribution in [0.25, 0.3) is 0 Å². The zero-order valence-corrected chi connectivity index (χ0v) is 11.6. The summed E-state index contributed by atoms with van der Waals surface area (Å²) in [6.45, 7) is 4.49.